The van der Waals surface area contributed by atoms with Gasteiger partial charge in [0.25, 0.3) is 0 Å². The van der Waals surface area contributed by atoms with Crippen LogP contribution in [0.4, 0.5) is 27.1 Å². The quantitative estimate of drug-likeness (QED) is 0.213. The van der Waals surface area contributed by atoms with E-state index >= 15 is 4.39 Å². The van der Waals surface area contributed by atoms with Gasteiger partial charge in [-0.05, 0) is 52.4 Å². The van der Waals surface area contributed by atoms with Gasteiger partial charge in [0.2, 0.25) is 5.91 Å². The first-order chi connectivity index (χ1) is 17.3. The number of hydrogen-bond donors (Lipinski definition) is 3. The molecule has 0 unspecified atom stereocenters. The molecule has 3 aromatic rings. The number of fused-ring (bicyclic) bond motifs is 5. The Morgan fingerprint density at radius 3 is 2.75 bits per heavy atom. The molecule has 3 aromatic carbocycles. The molecule has 0 atom stereocenters. The molecule has 2 heterocycles. The highest BCUT2D eigenvalue weighted by atomic mass is 35.5. The molecule has 5 rings (SSSR count). The molecule has 4 N–H and O–H groups in total. The number of likely N-dealkylation sites (tertiary alicyclic amines) is 1. The van der Waals surface area contributed by atoms with Gasteiger partial charge in [-0.25, -0.2) is 4.39 Å². The Balaban J connectivity index is 1.60. The fourth-order valence-electron chi connectivity index (χ4n) is 5.10. The Bertz CT molecular complexity index is 1360. The second kappa shape index (κ2) is 9.51. The van der Waals surface area contributed by atoms with Gasteiger partial charge >= 0.3 is 0 Å². The number of amides is 1. The van der Waals surface area contributed by atoms with Crippen molar-refractivity contribution in [3.05, 3.63) is 82.6 Å². The molecular weight excluding hydrogens is 475 g/mol. The van der Waals surface area contributed by atoms with Crippen molar-refractivity contribution in [1.29, 1.82) is 0 Å². The molecule has 2 aliphatic heterocycles. The van der Waals surface area contributed by atoms with E-state index in [1.807, 2.05) is 12.1 Å². The van der Waals surface area contributed by atoms with Crippen LogP contribution >= 0.6 is 11.6 Å². The van der Waals surface area contributed by atoms with Crippen LogP contribution < -0.4 is 16.4 Å². The Labute approximate surface area is 216 Å². The molecule has 2 bridgehead atoms. The number of carbonyl (C=O) groups excluding carboxylic acids is 1. The number of anilines is 4. The van der Waals surface area contributed by atoms with E-state index in [0.717, 1.165) is 22.4 Å². The molecular formula is C29H30ClFN4O. The number of hydrogen-bond acceptors (Lipinski definition) is 4. The maximum Gasteiger partial charge on any atom is 0.245 e. The van der Waals surface area contributed by atoms with Crippen LogP contribution in [0, 0.1) is 11.7 Å². The van der Waals surface area contributed by atoms with Crippen LogP contribution in [-0.2, 0) is 11.2 Å². The highest BCUT2D eigenvalue weighted by molar-refractivity contribution is 6.34. The van der Waals surface area contributed by atoms with Crippen LogP contribution in [0.25, 0.3) is 11.1 Å². The molecule has 1 saturated heterocycles. The van der Waals surface area contributed by atoms with Crippen LogP contribution in [0.5, 0.6) is 0 Å². The molecule has 2 aliphatic rings. The maximum absolute atomic E-state index is 16.4. The van der Waals surface area contributed by atoms with Gasteiger partial charge in [-0.2, -0.15) is 0 Å². The van der Waals surface area contributed by atoms with E-state index < -0.39 is 5.82 Å². The fraction of sp³-hybridized carbons (Fsp3) is 0.276. The predicted molar refractivity (Wildman–Crippen MR) is 147 cm³/mol. The van der Waals surface area contributed by atoms with Crippen molar-refractivity contribution < 1.29 is 9.18 Å². The number of para-hydroxylation sites is 1. The first-order valence-corrected chi connectivity index (χ1v) is 12.6. The zero-order valence-corrected chi connectivity index (χ0v) is 21.3. The minimum absolute atomic E-state index is 0.0683. The molecule has 0 saturated carbocycles. The summed E-state index contributed by atoms with van der Waals surface area (Å²) in [6.07, 6.45) is 1.94. The number of carbonyl (C=O) groups is 1. The van der Waals surface area contributed by atoms with E-state index in [4.69, 9.17) is 17.3 Å². The second-order valence-electron chi connectivity index (χ2n) is 9.92. The minimum Gasteiger partial charge on any atom is -0.399 e. The Hall–Kier alpha value is -3.51. The summed E-state index contributed by atoms with van der Waals surface area (Å²) < 4.78 is 16.4. The first kappa shape index (κ1) is 24.2. The van der Waals surface area contributed by atoms with Gasteiger partial charge < -0.3 is 21.3 Å². The van der Waals surface area contributed by atoms with E-state index in [2.05, 4.69) is 49.3 Å². The summed E-state index contributed by atoms with van der Waals surface area (Å²) >= 11 is 6.73. The normalized spacial score (nSPS) is 14.5. The standard InChI is InChI=1S/C29H30ClFN4O/c1-4-25(36)35-14-17(15-35)13-33-24-12-23(30)26-22-11-20(32)9-8-18(22)10-19-6-5-7-21(16(2)3)28(19)34-29(24)27(26)31/h4-9,11-12,16-17,33-34H,1,10,13-15,32H2,2-3H3. The van der Waals surface area contributed by atoms with Crippen molar-refractivity contribution in [2.45, 2.75) is 26.2 Å². The molecule has 1 fully saturated rings. The Morgan fingerprint density at radius 1 is 1.25 bits per heavy atom. The third kappa shape index (κ3) is 4.30. The predicted octanol–water partition coefficient (Wildman–Crippen LogP) is 6.56. The van der Waals surface area contributed by atoms with Crippen molar-refractivity contribution in [2.75, 3.05) is 36.0 Å². The van der Waals surface area contributed by atoms with Crippen LogP contribution in [0.3, 0.4) is 0 Å². The summed E-state index contributed by atoms with van der Waals surface area (Å²) in [6.45, 7) is 9.68. The smallest absolute Gasteiger partial charge is 0.245 e. The zero-order valence-electron chi connectivity index (χ0n) is 20.5. The number of rotatable bonds is 5. The van der Waals surface area contributed by atoms with E-state index in [9.17, 15) is 4.79 Å². The van der Waals surface area contributed by atoms with E-state index in [-0.39, 0.29) is 17.7 Å². The summed E-state index contributed by atoms with van der Waals surface area (Å²) in [5.74, 6) is 0.0215. The van der Waals surface area contributed by atoms with Crippen LogP contribution in [0.1, 0.15) is 36.5 Å². The van der Waals surface area contributed by atoms with Crippen molar-refractivity contribution in [3.8, 4) is 11.1 Å². The van der Waals surface area contributed by atoms with Gasteiger partial charge in [-0.15, -0.1) is 0 Å². The Morgan fingerprint density at radius 2 is 2.03 bits per heavy atom. The molecule has 7 heteroatoms. The topological polar surface area (TPSA) is 70.4 Å². The van der Waals surface area contributed by atoms with Crippen LogP contribution in [0.15, 0.2) is 55.1 Å². The third-order valence-electron chi connectivity index (χ3n) is 7.08. The van der Waals surface area contributed by atoms with Crippen LogP contribution in [-0.4, -0.2) is 30.4 Å². The monoisotopic (exact) mass is 504 g/mol. The number of halogens is 2. The first-order valence-electron chi connectivity index (χ1n) is 12.2. The van der Waals surface area contributed by atoms with Crippen molar-refractivity contribution in [1.82, 2.24) is 4.90 Å². The van der Waals surface area contributed by atoms with Gasteiger partial charge in [0, 0.05) is 48.9 Å². The molecule has 0 aliphatic carbocycles. The molecule has 1 amide bonds. The summed E-state index contributed by atoms with van der Waals surface area (Å²) in [5.41, 5.74) is 12.7. The van der Waals surface area contributed by atoms with Crippen LogP contribution in [0.2, 0.25) is 5.02 Å². The van der Waals surface area contributed by atoms with E-state index in [0.29, 0.717) is 59.3 Å². The van der Waals surface area contributed by atoms with E-state index in [1.54, 1.807) is 17.0 Å². The zero-order chi connectivity index (χ0) is 25.6. The van der Waals surface area contributed by atoms with Gasteiger partial charge in [-0.1, -0.05) is 56.3 Å². The highest BCUT2D eigenvalue weighted by Gasteiger charge is 2.30. The van der Waals surface area contributed by atoms with Gasteiger partial charge in [-0.3, -0.25) is 4.79 Å². The molecule has 186 valence electrons. The number of benzene rings is 3. The molecule has 36 heavy (non-hydrogen) atoms. The lowest BCUT2D eigenvalue weighted by atomic mass is 9.91. The minimum atomic E-state index is -0.416. The summed E-state index contributed by atoms with van der Waals surface area (Å²) in [7, 11) is 0. The second-order valence-corrected chi connectivity index (χ2v) is 10.3. The number of nitrogens with two attached hydrogens (primary N) is 1. The number of nitrogen functional groups attached to an aromatic ring is 1. The lowest BCUT2D eigenvalue weighted by Crippen LogP contribution is -2.51. The molecule has 0 aromatic heterocycles. The molecule has 5 nitrogen and oxygen atoms in total. The lowest BCUT2D eigenvalue weighted by Gasteiger charge is -2.39. The average molecular weight is 505 g/mol. The van der Waals surface area contributed by atoms with E-state index in [1.165, 1.54) is 6.08 Å². The van der Waals surface area contributed by atoms with Crippen molar-refractivity contribution >= 4 is 40.3 Å². The largest absolute Gasteiger partial charge is 0.399 e. The van der Waals surface area contributed by atoms with Crippen molar-refractivity contribution in [3.63, 3.8) is 0 Å². The summed E-state index contributed by atoms with van der Waals surface area (Å²) in [6, 6.07) is 13.6. The lowest BCUT2D eigenvalue weighted by molar-refractivity contribution is -0.131. The molecule has 0 spiro atoms. The highest BCUT2D eigenvalue weighted by Crippen LogP contribution is 2.46. The summed E-state index contributed by atoms with van der Waals surface area (Å²) in [4.78, 5) is 13.5. The number of nitrogens with zero attached hydrogens (tertiary/aromatic N) is 1. The SMILES string of the molecule is C=CC(=O)N1CC(CNc2cc(Cl)c3c(F)c2Nc2c(cccc2C(C)C)Cc2ccc(N)cc2-3)C1. The van der Waals surface area contributed by atoms with Gasteiger partial charge in [0.1, 0.15) is 0 Å². The van der Waals surface area contributed by atoms with Gasteiger partial charge in [0.05, 0.1) is 16.4 Å². The third-order valence-corrected chi connectivity index (χ3v) is 7.38. The summed E-state index contributed by atoms with van der Waals surface area (Å²) in [5, 5.41) is 7.17. The molecule has 0 radical (unpaired) electrons. The fourth-order valence-corrected chi connectivity index (χ4v) is 5.40. The Kier molecular flexibility index (Phi) is 6.39. The average Bonchev–Trinajstić information content (AvgIpc) is 2.85. The van der Waals surface area contributed by atoms with Crippen molar-refractivity contribution in [2.24, 2.45) is 5.92 Å². The maximum atomic E-state index is 16.4. The van der Waals surface area contributed by atoms with Gasteiger partial charge in [0.15, 0.2) is 5.82 Å². The number of nitrogens with one attached hydrogen (secondary N) is 2.